The Hall–Kier alpha value is -1.36. The van der Waals surface area contributed by atoms with Crippen molar-refractivity contribution in [3.05, 3.63) is 29.8 Å². The van der Waals surface area contributed by atoms with E-state index in [4.69, 9.17) is 4.74 Å². The third-order valence-electron chi connectivity index (χ3n) is 2.75. The largest absolute Gasteiger partial charge is 0.493 e. The molecule has 2 rings (SSSR count). The van der Waals surface area contributed by atoms with E-state index in [0.29, 0.717) is 18.8 Å². The predicted octanol–water partition coefficient (Wildman–Crippen LogP) is 1.17. The molecule has 1 aromatic rings. The Labute approximate surface area is 101 Å². The number of carbonyl (C=O) groups excluding carboxylic acids is 1. The fourth-order valence-corrected chi connectivity index (χ4v) is 2.75. The van der Waals surface area contributed by atoms with Crippen molar-refractivity contribution in [3.63, 3.8) is 0 Å². The molecular formula is C12H14O4S. The van der Waals surface area contributed by atoms with Crippen LogP contribution in [0, 0.1) is 0 Å². The maximum absolute atomic E-state index is 11.9. The van der Waals surface area contributed by atoms with Crippen molar-refractivity contribution in [3.8, 4) is 5.75 Å². The summed E-state index contributed by atoms with van der Waals surface area (Å²) in [6.07, 6.45) is 1.63. The van der Waals surface area contributed by atoms with E-state index in [0.717, 1.165) is 11.8 Å². The van der Waals surface area contributed by atoms with Gasteiger partial charge in [-0.3, -0.25) is 4.79 Å². The molecule has 1 aliphatic rings. The number of hydrogen-bond donors (Lipinski definition) is 0. The zero-order valence-corrected chi connectivity index (χ0v) is 10.4. The molecule has 0 saturated heterocycles. The van der Waals surface area contributed by atoms with Crippen LogP contribution in [0.15, 0.2) is 24.3 Å². The van der Waals surface area contributed by atoms with Crippen molar-refractivity contribution in [2.45, 2.75) is 12.3 Å². The number of fused-ring (bicyclic) bond motifs is 1. The Morgan fingerprint density at radius 1 is 1.41 bits per heavy atom. The molecule has 0 aromatic heterocycles. The molecule has 0 spiro atoms. The first kappa shape index (κ1) is 12.1. The van der Waals surface area contributed by atoms with Gasteiger partial charge in [-0.2, -0.15) is 0 Å². The quantitative estimate of drug-likeness (QED) is 0.812. The second-order valence-corrected chi connectivity index (χ2v) is 6.40. The molecule has 92 valence electrons. The monoisotopic (exact) mass is 254 g/mol. The zero-order valence-electron chi connectivity index (χ0n) is 9.55. The Morgan fingerprint density at radius 3 is 2.82 bits per heavy atom. The van der Waals surface area contributed by atoms with Gasteiger partial charge in [0.1, 0.15) is 11.5 Å². The highest BCUT2D eigenvalue weighted by Gasteiger charge is 2.28. The smallest absolute Gasteiger partial charge is 0.155 e. The second kappa shape index (κ2) is 4.49. The van der Waals surface area contributed by atoms with E-state index in [9.17, 15) is 13.2 Å². The maximum Gasteiger partial charge on any atom is 0.155 e. The van der Waals surface area contributed by atoms with Crippen LogP contribution in [0.4, 0.5) is 0 Å². The maximum atomic E-state index is 11.9. The number of hydrogen-bond acceptors (Lipinski definition) is 4. The van der Waals surface area contributed by atoms with E-state index < -0.39 is 15.6 Å². The molecule has 1 atom stereocenters. The fourth-order valence-electron chi connectivity index (χ4n) is 2.04. The third kappa shape index (κ3) is 2.85. The van der Waals surface area contributed by atoms with Crippen LogP contribution in [0.25, 0.3) is 0 Å². The lowest BCUT2D eigenvalue weighted by Crippen LogP contribution is -2.26. The minimum atomic E-state index is -3.27. The van der Waals surface area contributed by atoms with Gasteiger partial charge >= 0.3 is 0 Å². The molecule has 0 radical (unpaired) electrons. The standard InChI is InChI=1S/C12H14O4S/c1-17(14,15)8-11(13)9-6-7-16-12-5-3-2-4-10(9)12/h2-5,9H,6-8H2,1H3. The van der Waals surface area contributed by atoms with Crippen LogP contribution < -0.4 is 4.74 Å². The van der Waals surface area contributed by atoms with Crippen molar-refractivity contribution in [1.29, 1.82) is 0 Å². The average molecular weight is 254 g/mol. The Bertz CT molecular complexity index is 533. The molecule has 0 amide bonds. The van der Waals surface area contributed by atoms with E-state index in [1.807, 2.05) is 18.2 Å². The number of ether oxygens (including phenoxy) is 1. The molecule has 0 bridgehead atoms. The van der Waals surface area contributed by atoms with E-state index in [-0.39, 0.29) is 11.7 Å². The molecule has 0 saturated carbocycles. The lowest BCUT2D eigenvalue weighted by Gasteiger charge is -2.24. The van der Waals surface area contributed by atoms with Crippen LogP contribution in [0.2, 0.25) is 0 Å². The van der Waals surface area contributed by atoms with Crippen molar-refractivity contribution in [1.82, 2.24) is 0 Å². The van der Waals surface area contributed by atoms with E-state index in [1.165, 1.54) is 0 Å². The molecular weight excluding hydrogens is 240 g/mol. The Kier molecular flexibility index (Phi) is 3.19. The number of para-hydroxylation sites is 1. The van der Waals surface area contributed by atoms with Crippen LogP contribution in [0.1, 0.15) is 17.9 Å². The highest BCUT2D eigenvalue weighted by atomic mass is 32.2. The van der Waals surface area contributed by atoms with Crippen LogP contribution in [0.5, 0.6) is 5.75 Å². The van der Waals surface area contributed by atoms with Crippen molar-refractivity contribution < 1.29 is 17.9 Å². The molecule has 17 heavy (non-hydrogen) atoms. The van der Waals surface area contributed by atoms with Crippen LogP contribution in [0.3, 0.4) is 0 Å². The normalized spacial score (nSPS) is 19.2. The van der Waals surface area contributed by atoms with Gasteiger partial charge in [0.2, 0.25) is 0 Å². The minimum Gasteiger partial charge on any atom is -0.493 e. The van der Waals surface area contributed by atoms with Crippen molar-refractivity contribution in [2.75, 3.05) is 18.6 Å². The Balaban J connectivity index is 2.27. The first-order valence-electron chi connectivity index (χ1n) is 5.39. The zero-order chi connectivity index (χ0) is 12.5. The first-order chi connectivity index (χ1) is 7.97. The summed E-state index contributed by atoms with van der Waals surface area (Å²) in [7, 11) is -3.27. The lowest BCUT2D eigenvalue weighted by molar-refractivity contribution is -0.118. The summed E-state index contributed by atoms with van der Waals surface area (Å²) in [6, 6.07) is 7.28. The molecule has 1 unspecified atom stereocenters. The third-order valence-corrected chi connectivity index (χ3v) is 3.56. The molecule has 4 nitrogen and oxygen atoms in total. The van der Waals surface area contributed by atoms with Gasteiger partial charge < -0.3 is 4.74 Å². The Morgan fingerprint density at radius 2 is 2.12 bits per heavy atom. The van der Waals surface area contributed by atoms with Gasteiger partial charge in [-0.15, -0.1) is 0 Å². The summed E-state index contributed by atoms with van der Waals surface area (Å²) >= 11 is 0. The van der Waals surface area contributed by atoms with Gasteiger partial charge in [-0.1, -0.05) is 18.2 Å². The number of rotatable bonds is 3. The summed E-state index contributed by atoms with van der Waals surface area (Å²) in [6.45, 7) is 0.456. The van der Waals surface area contributed by atoms with Crippen molar-refractivity contribution in [2.24, 2.45) is 0 Å². The molecule has 5 heteroatoms. The van der Waals surface area contributed by atoms with E-state index in [1.54, 1.807) is 6.07 Å². The number of ketones is 1. The van der Waals surface area contributed by atoms with Gasteiger partial charge in [-0.05, 0) is 12.5 Å². The van der Waals surface area contributed by atoms with Crippen LogP contribution in [-0.2, 0) is 14.6 Å². The predicted molar refractivity (Wildman–Crippen MR) is 64.0 cm³/mol. The second-order valence-electron chi connectivity index (χ2n) is 4.26. The SMILES string of the molecule is CS(=O)(=O)CC(=O)C1CCOc2ccccc21. The summed E-state index contributed by atoms with van der Waals surface area (Å²) in [5.74, 6) is -0.310. The van der Waals surface area contributed by atoms with Gasteiger partial charge in [0.15, 0.2) is 15.6 Å². The number of benzene rings is 1. The lowest BCUT2D eigenvalue weighted by atomic mass is 9.90. The van der Waals surface area contributed by atoms with Crippen molar-refractivity contribution >= 4 is 15.6 Å². The van der Waals surface area contributed by atoms with Gasteiger partial charge in [0.05, 0.1) is 12.5 Å². The van der Waals surface area contributed by atoms with Crippen LogP contribution >= 0.6 is 0 Å². The summed E-state index contributed by atoms with van der Waals surface area (Å²) in [4.78, 5) is 11.9. The molecule has 1 aliphatic heterocycles. The highest BCUT2D eigenvalue weighted by Crippen LogP contribution is 2.33. The van der Waals surface area contributed by atoms with E-state index >= 15 is 0 Å². The van der Waals surface area contributed by atoms with Gasteiger partial charge in [0, 0.05) is 11.8 Å². The van der Waals surface area contributed by atoms with Crippen LogP contribution in [-0.4, -0.2) is 32.8 Å². The number of Topliss-reactive ketones (excluding diaryl/α,β-unsaturated/α-hetero) is 1. The summed E-state index contributed by atoms with van der Waals surface area (Å²) in [5, 5.41) is 0. The average Bonchev–Trinajstić information content (AvgIpc) is 2.26. The molecule has 0 fully saturated rings. The fraction of sp³-hybridized carbons (Fsp3) is 0.417. The van der Waals surface area contributed by atoms with Gasteiger partial charge in [-0.25, -0.2) is 8.42 Å². The molecule has 0 N–H and O–H groups in total. The molecule has 0 aliphatic carbocycles. The number of sulfone groups is 1. The summed E-state index contributed by atoms with van der Waals surface area (Å²) in [5.41, 5.74) is 0.799. The number of carbonyl (C=O) groups is 1. The van der Waals surface area contributed by atoms with Gasteiger partial charge in [0.25, 0.3) is 0 Å². The van der Waals surface area contributed by atoms with E-state index in [2.05, 4.69) is 0 Å². The molecule has 1 aromatic carbocycles. The highest BCUT2D eigenvalue weighted by molar-refractivity contribution is 7.91. The first-order valence-corrected chi connectivity index (χ1v) is 7.45. The topological polar surface area (TPSA) is 60.4 Å². The molecule has 1 heterocycles. The summed E-state index contributed by atoms with van der Waals surface area (Å²) < 4.78 is 27.7. The minimum absolute atomic E-state index is 0.247.